The fraction of sp³-hybridized carbons (Fsp3) is 0.429. The Morgan fingerprint density at radius 3 is 2.45 bits per heavy atom. The van der Waals surface area contributed by atoms with E-state index in [4.69, 9.17) is 23.7 Å². The van der Waals surface area contributed by atoms with Crippen LogP contribution in [0.4, 0.5) is 0 Å². The van der Waals surface area contributed by atoms with Crippen LogP contribution in [0, 0.1) is 6.92 Å². The summed E-state index contributed by atoms with van der Waals surface area (Å²) in [6.07, 6.45) is -3.82. The Morgan fingerprint density at radius 1 is 1.15 bits per heavy atom. The van der Waals surface area contributed by atoms with Crippen LogP contribution in [0.2, 0.25) is 0 Å². The lowest BCUT2D eigenvalue weighted by Gasteiger charge is -2.24. The van der Waals surface area contributed by atoms with Crippen LogP contribution in [0.3, 0.4) is 0 Å². The summed E-state index contributed by atoms with van der Waals surface area (Å²) in [6.45, 7) is 2.18. The Morgan fingerprint density at radius 2 is 1.88 bits per heavy atom. The number of methoxy groups -OCH3 is 2. The van der Waals surface area contributed by atoms with Crippen LogP contribution >= 0.6 is 0 Å². The molecule has 3 rings (SSSR count). The van der Waals surface area contributed by atoms with E-state index in [0.717, 1.165) is 23.8 Å². The number of aliphatic hydroxyl groups excluding tert-OH is 1. The molecule has 0 bridgehead atoms. The average Bonchev–Trinajstić information content (AvgIpc) is 3.09. The molecule has 33 heavy (non-hydrogen) atoms. The second kappa shape index (κ2) is 9.88. The van der Waals surface area contributed by atoms with Gasteiger partial charge in [0.05, 0.1) is 20.8 Å². The Labute approximate surface area is 187 Å². The first-order chi connectivity index (χ1) is 15.7. The maximum Gasteiger partial charge on any atom is 0.342 e. The largest absolute Gasteiger partial charge is 0.497 e. The van der Waals surface area contributed by atoms with E-state index >= 15 is 0 Å². The molecule has 0 spiro atoms. The highest BCUT2D eigenvalue weighted by Gasteiger charge is 2.50. The normalized spacial score (nSPS) is 22.0. The number of carbonyl (C=O) groups is 2. The zero-order valence-electron chi connectivity index (χ0n) is 18.4. The number of aliphatic hydroxyl groups is 1. The molecule has 12 nitrogen and oxygen atoms in total. The van der Waals surface area contributed by atoms with Gasteiger partial charge in [-0.15, -0.1) is 0 Å². The molecular formula is C21H24N2O10. The fourth-order valence-corrected chi connectivity index (χ4v) is 3.61. The summed E-state index contributed by atoms with van der Waals surface area (Å²) in [7, 11) is 2.84. The highest BCUT2D eigenvalue weighted by molar-refractivity contribution is 5.94. The van der Waals surface area contributed by atoms with Crippen molar-refractivity contribution in [2.24, 2.45) is 0 Å². The molecule has 2 aromatic rings. The van der Waals surface area contributed by atoms with Crippen LogP contribution in [-0.4, -0.2) is 65.7 Å². The van der Waals surface area contributed by atoms with E-state index in [1.165, 1.54) is 20.3 Å². The predicted octanol–water partition coefficient (Wildman–Crippen LogP) is -0.0908. The van der Waals surface area contributed by atoms with E-state index in [-0.39, 0.29) is 11.3 Å². The number of hydrogen-bond donors (Lipinski definition) is 2. The second-order valence-corrected chi connectivity index (χ2v) is 7.23. The van der Waals surface area contributed by atoms with Gasteiger partial charge in [-0.1, -0.05) is 0 Å². The van der Waals surface area contributed by atoms with Gasteiger partial charge in [-0.25, -0.2) is 9.59 Å². The van der Waals surface area contributed by atoms with Crippen LogP contribution < -0.4 is 20.7 Å². The van der Waals surface area contributed by atoms with Crippen molar-refractivity contribution >= 4 is 11.9 Å². The number of H-pyrrole nitrogens is 1. The SMILES string of the molecule is COc1cc(C)c(C(=O)O[C@@H]2[C@@H](CO)OC(n3ccc(=O)[nH]c3=O)[C@@H]2OC(C)=O)c(OC)c1. The predicted molar refractivity (Wildman–Crippen MR) is 111 cm³/mol. The van der Waals surface area contributed by atoms with E-state index in [0.29, 0.717) is 11.3 Å². The number of carbonyl (C=O) groups excluding carboxylic acids is 2. The quantitative estimate of drug-likeness (QED) is 0.531. The number of aryl methyl sites for hydroxylation is 1. The minimum atomic E-state index is -1.29. The lowest BCUT2D eigenvalue weighted by Crippen LogP contribution is -2.42. The van der Waals surface area contributed by atoms with Crippen LogP contribution in [0.15, 0.2) is 34.0 Å². The number of nitrogens with one attached hydrogen (secondary N) is 1. The van der Waals surface area contributed by atoms with Gasteiger partial charge in [-0.2, -0.15) is 0 Å². The van der Waals surface area contributed by atoms with Gasteiger partial charge in [0, 0.05) is 25.3 Å². The molecule has 1 aromatic heterocycles. The molecule has 178 valence electrons. The Hall–Kier alpha value is -3.64. The van der Waals surface area contributed by atoms with Crippen molar-refractivity contribution in [1.29, 1.82) is 0 Å². The van der Waals surface area contributed by atoms with Crippen molar-refractivity contribution in [3.8, 4) is 11.5 Å². The molecule has 0 amide bonds. The zero-order valence-corrected chi connectivity index (χ0v) is 18.4. The lowest BCUT2D eigenvalue weighted by molar-refractivity contribution is -0.156. The highest BCUT2D eigenvalue weighted by atomic mass is 16.6. The summed E-state index contributed by atoms with van der Waals surface area (Å²) < 4.78 is 28.1. The van der Waals surface area contributed by atoms with Gasteiger partial charge in [0.2, 0.25) is 0 Å². The van der Waals surface area contributed by atoms with Crippen molar-refractivity contribution < 1.29 is 38.4 Å². The fourth-order valence-electron chi connectivity index (χ4n) is 3.61. The molecule has 1 aromatic carbocycles. The molecule has 0 saturated carbocycles. The van der Waals surface area contributed by atoms with Gasteiger partial charge in [-0.05, 0) is 18.6 Å². The minimum Gasteiger partial charge on any atom is -0.497 e. The van der Waals surface area contributed by atoms with Crippen LogP contribution in [-0.2, 0) is 19.0 Å². The van der Waals surface area contributed by atoms with Gasteiger partial charge in [0.1, 0.15) is 23.2 Å². The number of aromatic nitrogens is 2. The van der Waals surface area contributed by atoms with E-state index in [1.807, 2.05) is 0 Å². The third-order valence-electron chi connectivity index (χ3n) is 5.07. The highest BCUT2D eigenvalue weighted by Crippen LogP contribution is 2.35. The van der Waals surface area contributed by atoms with Gasteiger partial charge in [0.15, 0.2) is 18.4 Å². The number of hydrogen-bond acceptors (Lipinski definition) is 10. The van der Waals surface area contributed by atoms with Gasteiger partial charge >= 0.3 is 17.6 Å². The molecule has 4 atom stereocenters. The summed E-state index contributed by atoms with van der Waals surface area (Å²) in [5.74, 6) is -0.906. The van der Waals surface area contributed by atoms with Crippen LogP contribution in [0.25, 0.3) is 0 Å². The van der Waals surface area contributed by atoms with E-state index in [1.54, 1.807) is 13.0 Å². The van der Waals surface area contributed by atoms with Gasteiger partial charge < -0.3 is 28.8 Å². The Balaban J connectivity index is 1.99. The van der Waals surface area contributed by atoms with E-state index in [2.05, 4.69) is 4.98 Å². The first-order valence-corrected chi connectivity index (χ1v) is 9.88. The topological polar surface area (TPSA) is 155 Å². The Bertz CT molecular complexity index is 1150. The van der Waals surface area contributed by atoms with Gasteiger partial charge in [-0.3, -0.25) is 19.1 Å². The zero-order chi connectivity index (χ0) is 24.3. The van der Waals surface area contributed by atoms with E-state index in [9.17, 15) is 24.3 Å². The first-order valence-electron chi connectivity index (χ1n) is 9.88. The number of aromatic amines is 1. The summed E-state index contributed by atoms with van der Waals surface area (Å²) >= 11 is 0. The summed E-state index contributed by atoms with van der Waals surface area (Å²) in [5.41, 5.74) is -0.877. The smallest absolute Gasteiger partial charge is 0.342 e. The molecule has 1 aliphatic heterocycles. The number of rotatable bonds is 7. The summed E-state index contributed by atoms with van der Waals surface area (Å²) in [6, 6.07) is 4.19. The molecule has 12 heteroatoms. The second-order valence-electron chi connectivity index (χ2n) is 7.23. The van der Waals surface area contributed by atoms with Crippen molar-refractivity contribution in [3.63, 3.8) is 0 Å². The monoisotopic (exact) mass is 464 g/mol. The van der Waals surface area contributed by atoms with Crippen LogP contribution in [0.1, 0.15) is 29.1 Å². The molecule has 0 aliphatic carbocycles. The maximum absolute atomic E-state index is 13.1. The molecular weight excluding hydrogens is 440 g/mol. The van der Waals surface area contributed by atoms with Crippen molar-refractivity contribution in [1.82, 2.24) is 9.55 Å². The number of nitrogens with zero attached hydrogens (tertiary/aromatic N) is 1. The molecule has 2 heterocycles. The standard InChI is InChI=1S/C21H24N2O10/c1-10-7-12(29-3)8-13(30-4)16(10)20(27)33-17-14(9-24)32-19(18(17)31-11(2)25)23-6-5-15(26)22-21(23)28/h5-8,14,17-19,24H,9H2,1-4H3,(H,22,26,28)/t14-,17-,18-,19?/m1/s1. The number of esters is 2. The molecule has 1 unspecified atom stereocenters. The lowest BCUT2D eigenvalue weighted by atomic mass is 10.1. The molecule has 2 N–H and O–H groups in total. The van der Waals surface area contributed by atoms with Gasteiger partial charge in [0.25, 0.3) is 5.56 Å². The average molecular weight is 464 g/mol. The molecule has 1 fully saturated rings. The minimum absolute atomic E-state index is 0.0984. The summed E-state index contributed by atoms with van der Waals surface area (Å²) in [4.78, 5) is 50.7. The maximum atomic E-state index is 13.1. The number of benzene rings is 1. The van der Waals surface area contributed by atoms with E-state index < -0.39 is 54.3 Å². The van der Waals surface area contributed by atoms with Crippen LogP contribution in [0.5, 0.6) is 11.5 Å². The molecule has 1 aliphatic rings. The Kier molecular flexibility index (Phi) is 7.19. The third-order valence-corrected chi connectivity index (χ3v) is 5.07. The van der Waals surface area contributed by atoms with Crippen molar-refractivity contribution in [2.45, 2.75) is 38.4 Å². The third kappa shape index (κ3) is 4.91. The first kappa shape index (κ1) is 24.0. The van der Waals surface area contributed by atoms with Crippen molar-refractivity contribution in [3.05, 3.63) is 56.4 Å². The molecule has 1 saturated heterocycles. The summed E-state index contributed by atoms with van der Waals surface area (Å²) in [5, 5.41) is 9.83. The van der Waals surface area contributed by atoms with Crippen molar-refractivity contribution in [2.75, 3.05) is 20.8 Å². The number of ether oxygens (including phenoxy) is 5. The molecule has 0 radical (unpaired) electrons.